The summed E-state index contributed by atoms with van der Waals surface area (Å²) in [5.41, 5.74) is 3.23. The summed E-state index contributed by atoms with van der Waals surface area (Å²) in [5, 5.41) is 5.94. The molecule has 29 heavy (non-hydrogen) atoms. The number of nitrogens with zero attached hydrogens (tertiary/aromatic N) is 2. The molecule has 0 saturated carbocycles. The smallest absolute Gasteiger partial charge is 0.229 e. The fourth-order valence-electron chi connectivity index (χ4n) is 3.47. The number of thiazole rings is 1. The molecule has 7 heteroatoms. The van der Waals surface area contributed by atoms with Crippen molar-refractivity contribution >= 4 is 34.5 Å². The molecule has 0 radical (unpaired) electrons. The summed E-state index contributed by atoms with van der Waals surface area (Å²) in [4.78, 5) is 31.5. The third-order valence-electron chi connectivity index (χ3n) is 4.92. The lowest BCUT2D eigenvalue weighted by Crippen LogP contribution is -2.28. The maximum absolute atomic E-state index is 12.8. The number of aromatic nitrogens is 1. The Labute approximate surface area is 173 Å². The Kier molecular flexibility index (Phi) is 5.31. The van der Waals surface area contributed by atoms with Gasteiger partial charge in [0.1, 0.15) is 5.75 Å². The highest BCUT2D eigenvalue weighted by Crippen LogP contribution is 2.33. The van der Waals surface area contributed by atoms with Gasteiger partial charge in [0.2, 0.25) is 11.8 Å². The Hall–Kier alpha value is -3.19. The number of amides is 2. The molecule has 2 aromatic carbocycles. The number of carbonyl (C=O) groups is 2. The average molecular weight is 407 g/mol. The van der Waals surface area contributed by atoms with E-state index in [1.165, 1.54) is 0 Å². The Morgan fingerprint density at radius 2 is 2.07 bits per heavy atom. The van der Waals surface area contributed by atoms with Gasteiger partial charge in [0.25, 0.3) is 0 Å². The van der Waals surface area contributed by atoms with Crippen LogP contribution in [0.25, 0.3) is 11.3 Å². The predicted molar refractivity (Wildman–Crippen MR) is 114 cm³/mol. The molecule has 1 aliphatic rings. The quantitative estimate of drug-likeness (QED) is 0.691. The van der Waals surface area contributed by atoms with Crippen LogP contribution in [-0.4, -0.2) is 30.5 Å². The van der Waals surface area contributed by atoms with Crippen LogP contribution in [-0.2, 0) is 9.59 Å². The van der Waals surface area contributed by atoms with Crippen molar-refractivity contribution in [3.8, 4) is 17.0 Å². The highest BCUT2D eigenvalue weighted by atomic mass is 32.1. The number of methoxy groups -OCH3 is 1. The number of ether oxygens (including phenoxy) is 1. The number of anilines is 2. The van der Waals surface area contributed by atoms with Crippen molar-refractivity contribution in [2.75, 3.05) is 23.9 Å². The fraction of sp³-hybridized carbons (Fsp3) is 0.227. The predicted octanol–water partition coefficient (Wildman–Crippen LogP) is 4.12. The van der Waals surface area contributed by atoms with Gasteiger partial charge in [-0.3, -0.25) is 9.59 Å². The topological polar surface area (TPSA) is 71.5 Å². The van der Waals surface area contributed by atoms with E-state index in [4.69, 9.17) is 4.74 Å². The van der Waals surface area contributed by atoms with Gasteiger partial charge in [-0.1, -0.05) is 24.3 Å². The molecule has 2 amide bonds. The molecule has 1 unspecified atom stereocenters. The Balaban J connectivity index is 1.48. The standard InChI is InChI=1S/C22H21N3O3S/c1-14-23-18(13-29-14)15-6-5-7-17(10-15)24-22(27)16-11-21(26)25(12-16)19-8-3-4-9-20(19)28-2/h3-10,13,16H,11-12H2,1-2H3,(H,24,27). The molecule has 1 saturated heterocycles. The normalized spacial score (nSPS) is 16.1. The largest absolute Gasteiger partial charge is 0.495 e. The maximum Gasteiger partial charge on any atom is 0.229 e. The molecule has 1 fully saturated rings. The Morgan fingerprint density at radius 1 is 1.24 bits per heavy atom. The number of carbonyl (C=O) groups excluding carboxylic acids is 2. The maximum atomic E-state index is 12.8. The average Bonchev–Trinajstić information content (AvgIpc) is 3.34. The zero-order valence-corrected chi connectivity index (χ0v) is 17.0. The minimum Gasteiger partial charge on any atom is -0.495 e. The number of benzene rings is 2. The first-order valence-electron chi connectivity index (χ1n) is 9.32. The van der Waals surface area contributed by atoms with E-state index >= 15 is 0 Å². The monoisotopic (exact) mass is 407 g/mol. The summed E-state index contributed by atoms with van der Waals surface area (Å²) in [6, 6.07) is 14.9. The first kappa shape index (κ1) is 19.1. The zero-order chi connectivity index (χ0) is 20.4. The van der Waals surface area contributed by atoms with E-state index in [0.717, 1.165) is 16.3 Å². The molecule has 0 spiro atoms. The third kappa shape index (κ3) is 4.00. The van der Waals surface area contributed by atoms with Crippen molar-refractivity contribution in [2.24, 2.45) is 5.92 Å². The van der Waals surface area contributed by atoms with E-state index in [1.54, 1.807) is 23.3 Å². The van der Waals surface area contributed by atoms with Crippen LogP contribution < -0.4 is 15.0 Å². The van der Waals surface area contributed by atoms with Gasteiger partial charge in [0, 0.05) is 29.6 Å². The number of hydrogen-bond acceptors (Lipinski definition) is 5. The van der Waals surface area contributed by atoms with Crippen LogP contribution in [0.4, 0.5) is 11.4 Å². The van der Waals surface area contributed by atoms with Gasteiger partial charge in [-0.2, -0.15) is 0 Å². The van der Waals surface area contributed by atoms with Gasteiger partial charge < -0.3 is 15.0 Å². The molecule has 1 atom stereocenters. The summed E-state index contributed by atoms with van der Waals surface area (Å²) in [6.45, 7) is 2.29. The second-order valence-electron chi connectivity index (χ2n) is 6.90. The molecular formula is C22H21N3O3S. The van der Waals surface area contributed by atoms with Gasteiger partial charge in [-0.15, -0.1) is 11.3 Å². The van der Waals surface area contributed by atoms with Crippen LogP contribution in [0.2, 0.25) is 0 Å². The number of rotatable bonds is 5. The summed E-state index contributed by atoms with van der Waals surface area (Å²) in [5.74, 6) is -0.0468. The Morgan fingerprint density at radius 3 is 2.83 bits per heavy atom. The van der Waals surface area contributed by atoms with Gasteiger partial charge in [-0.05, 0) is 31.2 Å². The van der Waals surface area contributed by atoms with Crippen LogP contribution in [0, 0.1) is 12.8 Å². The summed E-state index contributed by atoms with van der Waals surface area (Å²) < 4.78 is 5.35. The second-order valence-corrected chi connectivity index (χ2v) is 7.96. The lowest BCUT2D eigenvalue weighted by atomic mass is 10.1. The molecule has 1 aliphatic heterocycles. The van der Waals surface area contributed by atoms with Gasteiger partial charge in [-0.25, -0.2) is 4.98 Å². The van der Waals surface area contributed by atoms with Gasteiger partial charge in [0.15, 0.2) is 0 Å². The first-order valence-corrected chi connectivity index (χ1v) is 10.2. The van der Waals surface area contributed by atoms with Crippen LogP contribution in [0.3, 0.4) is 0 Å². The van der Waals surface area contributed by atoms with E-state index < -0.39 is 5.92 Å². The van der Waals surface area contributed by atoms with Crippen LogP contribution in [0.1, 0.15) is 11.4 Å². The minimum atomic E-state index is -0.419. The first-order chi connectivity index (χ1) is 14.0. The van der Waals surface area contributed by atoms with Gasteiger partial charge >= 0.3 is 0 Å². The summed E-state index contributed by atoms with van der Waals surface area (Å²) in [6.07, 6.45) is 0.175. The van der Waals surface area contributed by atoms with Crippen molar-refractivity contribution < 1.29 is 14.3 Å². The highest BCUT2D eigenvalue weighted by Gasteiger charge is 2.36. The lowest BCUT2D eigenvalue weighted by Gasteiger charge is -2.19. The van der Waals surface area contributed by atoms with Crippen molar-refractivity contribution in [2.45, 2.75) is 13.3 Å². The fourth-order valence-corrected chi connectivity index (χ4v) is 4.09. The van der Waals surface area contributed by atoms with E-state index in [2.05, 4.69) is 10.3 Å². The third-order valence-corrected chi connectivity index (χ3v) is 5.69. The molecular weight excluding hydrogens is 386 g/mol. The number of para-hydroxylation sites is 2. The van der Waals surface area contributed by atoms with E-state index in [-0.39, 0.29) is 18.2 Å². The summed E-state index contributed by atoms with van der Waals surface area (Å²) in [7, 11) is 1.57. The molecule has 148 valence electrons. The van der Waals surface area contributed by atoms with Crippen molar-refractivity contribution in [3.05, 3.63) is 58.9 Å². The van der Waals surface area contributed by atoms with Crippen molar-refractivity contribution in [1.82, 2.24) is 4.98 Å². The number of aryl methyl sites for hydroxylation is 1. The van der Waals surface area contributed by atoms with Crippen LogP contribution >= 0.6 is 11.3 Å². The van der Waals surface area contributed by atoms with Crippen LogP contribution in [0.5, 0.6) is 5.75 Å². The molecule has 6 nitrogen and oxygen atoms in total. The molecule has 1 N–H and O–H groups in total. The SMILES string of the molecule is COc1ccccc1N1CC(C(=O)Nc2cccc(-c3csc(C)n3)c2)CC1=O. The molecule has 2 heterocycles. The van der Waals surface area contributed by atoms with E-state index in [9.17, 15) is 9.59 Å². The number of nitrogens with one attached hydrogen (secondary N) is 1. The van der Waals surface area contributed by atoms with Crippen molar-refractivity contribution in [1.29, 1.82) is 0 Å². The lowest BCUT2D eigenvalue weighted by molar-refractivity contribution is -0.122. The molecule has 3 aromatic rings. The molecule has 1 aromatic heterocycles. The summed E-state index contributed by atoms with van der Waals surface area (Å²) >= 11 is 1.59. The Bertz CT molecular complexity index is 1060. The minimum absolute atomic E-state index is 0.0821. The molecule has 4 rings (SSSR count). The van der Waals surface area contributed by atoms with Crippen LogP contribution in [0.15, 0.2) is 53.9 Å². The zero-order valence-electron chi connectivity index (χ0n) is 16.2. The highest BCUT2D eigenvalue weighted by molar-refractivity contribution is 7.09. The molecule has 0 aliphatic carbocycles. The van der Waals surface area contributed by atoms with Crippen molar-refractivity contribution in [3.63, 3.8) is 0 Å². The van der Waals surface area contributed by atoms with E-state index in [1.807, 2.05) is 60.8 Å². The number of hydrogen-bond donors (Lipinski definition) is 1. The van der Waals surface area contributed by atoms with E-state index in [0.29, 0.717) is 23.7 Å². The molecule has 0 bridgehead atoms. The second kappa shape index (κ2) is 8.05. The van der Waals surface area contributed by atoms with Gasteiger partial charge in [0.05, 0.1) is 29.4 Å².